The Morgan fingerprint density at radius 1 is 1.69 bits per heavy atom. The van der Waals surface area contributed by atoms with Gasteiger partial charge in [-0.05, 0) is 12.5 Å². The minimum Gasteiger partial charge on any atom is -0.395 e. The number of nitrogens with two attached hydrogens (primary N) is 1. The van der Waals surface area contributed by atoms with E-state index < -0.39 is 5.41 Å². The van der Waals surface area contributed by atoms with E-state index in [-0.39, 0.29) is 6.61 Å². The predicted molar refractivity (Wildman–Crippen MR) is 51.4 cm³/mol. The van der Waals surface area contributed by atoms with Gasteiger partial charge in [-0.3, -0.25) is 4.68 Å². The number of aromatic nitrogens is 2. The summed E-state index contributed by atoms with van der Waals surface area (Å²) in [4.78, 5) is 0. The molecule has 1 atom stereocenters. The molecular formula is C9H17N3O. The summed E-state index contributed by atoms with van der Waals surface area (Å²) in [7, 11) is 1.87. The fourth-order valence-corrected chi connectivity index (χ4v) is 1.44. The maximum Gasteiger partial charge on any atom is 0.0748 e. The Hall–Kier alpha value is -0.870. The molecule has 4 nitrogen and oxygen atoms in total. The van der Waals surface area contributed by atoms with E-state index in [9.17, 15) is 5.11 Å². The average molecular weight is 183 g/mol. The maximum atomic E-state index is 9.24. The van der Waals surface area contributed by atoms with Crippen LogP contribution in [-0.4, -0.2) is 28.0 Å². The van der Waals surface area contributed by atoms with Gasteiger partial charge in [0.1, 0.15) is 0 Å². The quantitative estimate of drug-likeness (QED) is 0.690. The van der Waals surface area contributed by atoms with Gasteiger partial charge in [-0.1, -0.05) is 6.92 Å². The number of hydrogen-bond acceptors (Lipinski definition) is 3. The van der Waals surface area contributed by atoms with Crippen molar-refractivity contribution in [3.8, 4) is 0 Å². The topological polar surface area (TPSA) is 64.1 Å². The lowest BCUT2D eigenvalue weighted by atomic mass is 9.86. The number of hydrogen-bond donors (Lipinski definition) is 2. The van der Waals surface area contributed by atoms with Gasteiger partial charge in [0.25, 0.3) is 0 Å². The van der Waals surface area contributed by atoms with Gasteiger partial charge in [0, 0.05) is 25.2 Å². The van der Waals surface area contributed by atoms with Crippen molar-refractivity contribution in [2.45, 2.75) is 19.3 Å². The van der Waals surface area contributed by atoms with Crippen LogP contribution in [0.2, 0.25) is 0 Å². The zero-order valence-electron chi connectivity index (χ0n) is 8.41. The van der Waals surface area contributed by atoms with Crippen molar-refractivity contribution in [3.63, 3.8) is 0 Å². The summed E-state index contributed by atoms with van der Waals surface area (Å²) in [5.41, 5.74) is 7.17. The summed E-state index contributed by atoms with van der Waals surface area (Å²) < 4.78 is 1.74. The molecule has 1 unspecified atom stereocenters. The van der Waals surface area contributed by atoms with Gasteiger partial charge in [0.15, 0.2) is 0 Å². The monoisotopic (exact) mass is 183 g/mol. The molecule has 0 saturated heterocycles. The first kappa shape index (κ1) is 10.2. The van der Waals surface area contributed by atoms with Gasteiger partial charge in [0.2, 0.25) is 0 Å². The third kappa shape index (κ3) is 1.73. The number of aryl methyl sites for hydroxylation is 2. The van der Waals surface area contributed by atoms with Crippen molar-refractivity contribution < 1.29 is 5.11 Å². The van der Waals surface area contributed by atoms with Crippen LogP contribution in [0.15, 0.2) is 6.20 Å². The van der Waals surface area contributed by atoms with Crippen LogP contribution in [0, 0.1) is 6.92 Å². The van der Waals surface area contributed by atoms with Gasteiger partial charge >= 0.3 is 0 Å². The molecule has 13 heavy (non-hydrogen) atoms. The highest BCUT2D eigenvalue weighted by Crippen LogP contribution is 2.23. The molecule has 3 N–H and O–H groups in total. The van der Waals surface area contributed by atoms with E-state index in [2.05, 4.69) is 5.10 Å². The lowest BCUT2D eigenvalue weighted by Crippen LogP contribution is -2.36. The first-order valence-electron chi connectivity index (χ1n) is 4.35. The highest BCUT2D eigenvalue weighted by atomic mass is 16.3. The van der Waals surface area contributed by atoms with Crippen molar-refractivity contribution in [1.82, 2.24) is 9.78 Å². The van der Waals surface area contributed by atoms with E-state index in [1.165, 1.54) is 0 Å². The zero-order valence-corrected chi connectivity index (χ0v) is 8.41. The average Bonchev–Trinajstić information content (AvgIpc) is 2.44. The standard InChI is InChI=1S/C9H17N3O/c1-7-4-12(3)11-8(7)9(2,5-10)6-13/h4,13H,5-6,10H2,1-3H3. The van der Waals surface area contributed by atoms with Crippen LogP contribution in [0.3, 0.4) is 0 Å². The molecular weight excluding hydrogens is 166 g/mol. The van der Waals surface area contributed by atoms with Crippen molar-refractivity contribution in [3.05, 3.63) is 17.5 Å². The van der Waals surface area contributed by atoms with Crippen LogP contribution < -0.4 is 5.73 Å². The Morgan fingerprint density at radius 2 is 2.31 bits per heavy atom. The number of aliphatic hydroxyl groups excluding tert-OH is 1. The van der Waals surface area contributed by atoms with E-state index >= 15 is 0 Å². The minimum absolute atomic E-state index is 0.0291. The van der Waals surface area contributed by atoms with Gasteiger partial charge < -0.3 is 10.8 Å². The maximum absolute atomic E-state index is 9.24. The van der Waals surface area contributed by atoms with Crippen LogP contribution in [0.4, 0.5) is 0 Å². The fraction of sp³-hybridized carbons (Fsp3) is 0.667. The van der Waals surface area contributed by atoms with Crippen LogP contribution in [0.25, 0.3) is 0 Å². The van der Waals surface area contributed by atoms with Crippen molar-refractivity contribution >= 4 is 0 Å². The minimum atomic E-state index is -0.411. The molecule has 74 valence electrons. The number of rotatable bonds is 3. The van der Waals surface area contributed by atoms with Crippen LogP contribution in [0.1, 0.15) is 18.2 Å². The summed E-state index contributed by atoms with van der Waals surface area (Å²) in [5.74, 6) is 0. The van der Waals surface area contributed by atoms with Crippen molar-refractivity contribution in [2.75, 3.05) is 13.2 Å². The highest BCUT2D eigenvalue weighted by Gasteiger charge is 2.28. The van der Waals surface area contributed by atoms with Gasteiger partial charge in [-0.2, -0.15) is 5.10 Å². The first-order chi connectivity index (χ1) is 6.03. The van der Waals surface area contributed by atoms with E-state index in [0.717, 1.165) is 11.3 Å². The normalized spacial score (nSPS) is 15.8. The molecule has 0 aliphatic heterocycles. The molecule has 0 saturated carbocycles. The van der Waals surface area contributed by atoms with Crippen molar-refractivity contribution in [1.29, 1.82) is 0 Å². The Kier molecular flexibility index (Phi) is 2.73. The number of aliphatic hydroxyl groups is 1. The van der Waals surface area contributed by atoms with Crippen LogP contribution in [0.5, 0.6) is 0 Å². The summed E-state index contributed by atoms with van der Waals surface area (Å²) in [5, 5.41) is 13.5. The van der Waals surface area contributed by atoms with E-state index in [4.69, 9.17) is 5.73 Å². The van der Waals surface area contributed by atoms with Crippen molar-refractivity contribution in [2.24, 2.45) is 12.8 Å². The summed E-state index contributed by atoms with van der Waals surface area (Å²) in [6.45, 7) is 4.33. The Balaban J connectivity index is 3.11. The molecule has 1 aromatic heterocycles. The summed E-state index contributed by atoms with van der Waals surface area (Å²) in [6, 6.07) is 0. The third-order valence-corrected chi connectivity index (χ3v) is 2.38. The molecule has 1 heterocycles. The molecule has 0 aliphatic rings. The number of nitrogens with zero attached hydrogens (tertiary/aromatic N) is 2. The lowest BCUT2D eigenvalue weighted by Gasteiger charge is -2.23. The van der Waals surface area contributed by atoms with Gasteiger partial charge in [-0.15, -0.1) is 0 Å². The molecule has 1 rings (SSSR count). The lowest BCUT2D eigenvalue weighted by molar-refractivity contribution is 0.206. The predicted octanol–water partition coefficient (Wildman–Crippen LogP) is -0.0628. The van der Waals surface area contributed by atoms with Gasteiger partial charge in [-0.25, -0.2) is 0 Å². The molecule has 0 amide bonds. The summed E-state index contributed by atoms with van der Waals surface area (Å²) >= 11 is 0. The van der Waals surface area contributed by atoms with Gasteiger partial charge in [0.05, 0.1) is 12.3 Å². The molecule has 0 aliphatic carbocycles. The second kappa shape index (κ2) is 3.47. The van der Waals surface area contributed by atoms with Crippen LogP contribution >= 0.6 is 0 Å². The Labute approximate surface area is 78.4 Å². The largest absolute Gasteiger partial charge is 0.395 e. The second-order valence-corrected chi connectivity index (χ2v) is 3.76. The van der Waals surface area contributed by atoms with Crippen LogP contribution in [-0.2, 0) is 12.5 Å². The third-order valence-electron chi connectivity index (χ3n) is 2.38. The SMILES string of the molecule is Cc1cn(C)nc1C(C)(CN)CO. The summed E-state index contributed by atoms with van der Waals surface area (Å²) in [6.07, 6.45) is 1.93. The van der Waals surface area contributed by atoms with E-state index in [1.807, 2.05) is 27.1 Å². The smallest absolute Gasteiger partial charge is 0.0748 e. The second-order valence-electron chi connectivity index (χ2n) is 3.76. The molecule has 0 bridgehead atoms. The molecule has 0 fully saturated rings. The van der Waals surface area contributed by atoms with E-state index in [0.29, 0.717) is 6.54 Å². The molecule has 0 aromatic carbocycles. The van der Waals surface area contributed by atoms with E-state index in [1.54, 1.807) is 4.68 Å². The molecule has 1 aromatic rings. The Bertz CT molecular complexity index is 289. The fourth-order valence-electron chi connectivity index (χ4n) is 1.44. The highest BCUT2D eigenvalue weighted by molar-refractivity contribution is 5.24. The Morgan fingerprint density at radius 3 is 2.62 bits per heavy atom. The molecule has 0 spiro atoms. The molecule has 0 radical (unpaired) electrons. The zero-order chi connectivity index (χ0) is 10.1. The molecule has 4 heteroatoms. The first-order valence-corrected chi connectivity index (χ1v) is 4.35.